The number of fused-ring (bicyclic) bond motifs is 1. The van der Waals surface area contributed by atoms with Gasteiger partial charge in [-0.2, -0.15) is 0 Å². The SMILES string of the molecule is C[C@@H]1CN(c2ccc(N/C=C3\C(=O)NC(=O)c4ccc(I)cc43)cc2)[C@H](C)CN1C. The van der Waals surface area contributed by atoms with E-state index in [1.54, 1.807) is 12.3 Å². The molecule has 2 aromatic carbocycles. The van der Waals surface area contributed by atoms with Crippen LogP contribution in [0.25, 0.3) is 5.57 Å². The molecule has 30 heavy (non-hydrogen) atoms. The molecule has 6 nitrogen and oxygen atoms in total. The minimum atomic E-state index is -0.390. The molecule has 2 aliphatic heterocycles. The number of anilines is 2. The zero-order valence-electron chi connectivity index (χ0n) is 17.3. The fourth-order valence-electron chi connectivity index (χ4n) is 4.00. The van der Waals surface area contributed by atoms with Crippen LogP contribution in [-0.4, -0.2) is 48.9 Å². The van der Waals surface area contributed by atoms with Gasteiger partial charge in [0.1, 0.15) is 0 Å². The molecule has 2 aliphatic rings. The Morgan fingerprint density at radius 2 is 1.73 bits per heavy atom. The van der Waals surface area contributed by atoms with E-state index in [0.29, 0.717) is 28.8 Å². The van der Waals surface area contributed by atoms with E-state index >= 15 is 0 Å². The lowest BCUT2D eigenvalue weighted by molar-refractivity contribution is -0.114. The van der Waals surface area contributed by atoms with E-state index in [9.17, 15) is 9.59 Å². The number of halogens is 1. The standard InChI is InChI=1S/C23H25IN4O2/c1-14-13-28(15(2)12-27(14)3)18-7-5-17(6-8-18)25-11-21-20-10-16(24)4-9-19(20)22(29)26-23(21)30/h4-11,14-15,25H,12-13H2,1-3H3,(H,26,29,30)/b21-11-/t14-,15-/m1/s1. The van der Waals surface area contributed by atoms with Gasteiger partial charge in [-0.05, 0) is 86.0 Å². The van der Waals surface area contributed by atoms with Crippen molar-refractivity contribution in [2.75, 3.05) is 30.4 Å². The molecule has 0 spiro atoms. The van der Waals surface area contributed by atoms with Crippen molar-refractivity contribution in [1.82, 2.24) is 10.2 Å². The Hall–Kier alpha value is -2.39. The molecule has 0 unspecified atom stereocenters. The van der Waals surface area contributed by atoms with Gasteiger partial charge in [-0.3, -0.25) is 19.8 Å². The van der Waals surface area contributed by atoms with E-state index in [1.165, 1.54) is 5.69 Å². The zero-order chi connectivity index (χ0) is 21.4. The van der Waals surface area contributed by atoms with Crippen LogP contribution in [0.5, 0.6) is 0 Å². The third-order valence-electron chi connectivity index (χ3n) is 5.87. The van der Waals surface area contributed by atoms with Crippen LogP contribution < -0.4 is 15.5 Å². The number of nitrogens with zero attached hydrogens (tertiary/aromatic N) is 2. The highest BCUT2D eigenvalue weighted by molar-refractivity contribution is 14.1. The molecule has 7 heteroatoms. The summed E-state index contributed by atoms with van der Waals surface area (Å²) in [6.07, 6.45) is 1.67. The van der Waals surface area contributed by atoms with E-state index in [4.69, 9.17) is 0 Å². The molecule has 0 aromatic heterocycles. The second kappa shape index (κ2) is 8.39. The average molecular weight is 516 g/mol. The molecule has 2 amide bonds. The van der Waals surface area contributed by atoms with E-state index in [0.717, 1.165) is 22.3 Å². The highest BCUT2D eigenvalue weighted by atomic mass is 127. The second-order valence-corrected chi connectivity index (χ2v) is 9.26. The maximum Gasteiger partial charge on any atom is 0.260 e. The summed E-state index contributed by atoms with van der Waals surface area (Å²) in [5, 5.41) is 5.62. The first kappa shape index (κ1) is 20.9. The molecule has 1 fully saturated rings. The van der Waals surface area contributed by atoms with Crippen molar-refractivity contribution in [3.63, 3.8) is 0 Å². The number of carbonyl (C=O) groups is 2. The fraction of sp³-hybridized carbons (Fsp3) is 0.304. The molecule has 1 saturated heterocycles. The van der Waals surface area contributed by atoms with Gasteiger partial charge in [0.25, 0.3) is 11.8 Å². The predicted molar refractivity (Wildman–Crippen MR) is 129 cm³/mol. The maximum atomic E-state index is 12.4. The minimum Gasteiger partial charge on any atom is -0.366 e. The van der Waals surface area contributed by atoms with E-state index in [2.05, 4.69) is 76.1 Å². The molecule has 0 saturated carbocycles. The van der Waals surface area contributed by atoms with Crippen LogP contribution in [0, 0.1) is 3.57 Å². The van der Waals surface area contributed by atoms with Crippen LogP contribution in [-0.2, 0) is 4.79 Å². The molecule has 2 heterocycles. The summed E-state index contributed by atoms with van der Waals surface area (Å²) in [7, 11) is 2.17. The first-order valence-corrected chi connectivity index (χ1v) is 11.1. The van der Waals surface area contributed by atoms with Gasteiger partial charge in [-0.15, -0.1) is 0 Å². The number of hydrogen-bond donors (Lipinski definition) is 2. The Morgan fingerprint density at radius 3 is 2.47 bits per heavy atom. The minimum absolute atomic E-state index is 0.358. The van der Waals surface area contributed by atoms with Crippen LogP contribution in [0.2, 0.25) is 0 Å². The van der Waals surface area contributed by atoms with Crippen LogP contribution >= 0.6 is 22.6 Å². The van der Waals surface area contributed by atoms with Gasteiger partial charge in [0, 0.05) is 57.4 Å². The van der Waals surface area contributed by atoms with Gasteiger partial charge in [-0.25, -0.2) is 0 Å². The summed E-state index contributed by atoms with van der Waals surface area (Å²) in [4.78, 5) is 29.3. The predicted octanol–water partition coefficient (Wildman–Crippen LogP) is 3.54. The number of benzene rings is 2. The van der Waals surface area contributed by atoms with Crippen molar-refractivity contribution in [1.29, 1.82) is 0 Å². The highest BCUT2D eigenvalue weighted by Crippen LogP contribution is 2.27. The van der Waals surface area contributed by atoms with Crippen molar-refractivity contribution >= 4 is 51.4 Å². The Bertz CT molecular complexity index is 1020. The molecule has 0 bridgehead atoms. The molecular weight excluding hydrogens is 491 g/mol. The molecule has 4 rings (SSSR count). The monoisotopic (exact) mass is 516 g/mol. The first-order valence-electron chi connectivity index (χ1n) is 10.0. The van der Waals surface area contributed by atoms with E-state index in [1.807, 2.05) is 24.3 Å². The van der Waals surface area contributed by atoms with Crippen LogP contribution in [0.4, 0.5) is 11.4 Å². The Labute approximate surface area is 190 Å². The van der Waals surface area contributed by atoms with Gasteiger partial charge in [-0.1, -0.05) is 0 Å². The zero-order valence-corrected chi connectivity index (χ0v) is 19.4. The smallest absolute Gasteiger partial charge is 0.260 e. The van der Waals surface area contributed by atoms with Gasteiger partial charge in [0.15, 0.2) is 0 Å². The largest absolute Gasteiger partial charge is 0.366 e. The average Bonchev–Trinajstić information content (AvgIpc) is 2.71. The fourth-order valence-corrected chi connectivity index (χ4v) is 4.50. The van der Waals surface area contributed by atoms with Crippen LogP contribution in [0.1, 0.15) is 29.8 Å². The Balaban J connectivity index is 1.54. The molecule has 0 aliphatic carbocycles. The number of nitrogens with one attached hydrogen (secondary N) is 2. The normalized spacial score (nSPS) is 23.3. The van der Waals surface area contributed by atoms with Gasteiger partial charge in [0.2, 0.25) is 0 Å². The van der Waals surface area contributed by atoms with Crippen LogP contribution in [0.15, 0.2) is 48.7 Å². The van der Waals surface area contributed by atoms with Gasteiger partial charge < -0.3 is 10.2 Å². The molecule has 156 valence electrons. The number of imide groups is 1. The number of likely N-dealkylation sites (N-methyl/N-ethyl adjacent to an activating group) is 1. The van der Waals surface area contributed by atoms with Gasteiger partial charge in [0.05, 0.1) is 5.57 Å². The molecule has 2 aromatic rings. The molecule has 2 N–H and O–H groups in total. The van der Waals surface area contributed by atoms with Gasteiger partial charge >= 0.3 is 0 Å². The van der Waals surface area contributed by atoms with Crippen molar-refractivity contribution in [3.05, 3.63) is 63.4 Å². The van der Waals surface area contributed by atoms with Crippen molar-refractivity contribution in [3.8, 4) is 0 Å². The number of rotatable bonds is 3. The summed E-state index contributed by atoms with van der Waals surface area (Å²) >= 11 is 2.18. The number of hydrogen-bond acceptors (Lipinski definition) is 5. The summed E-state index contributed by atoms with van der Waals surface area (Å²) in [5.41, 5.74) is 3.70. The third-order valence-corrected chi connectivity index (χ3v) is 6.54. The van der Waals surface area contributed by atoms with Crippen LogP contribution in [0.3, 0.4) is 0 Å². The highest BCUT2D eigenvalue weighted by Gasteiger charge is 2.28. The summed E-state index contributed by atoms with van der Waals surface area (Å²) in [5.74, 6) is -0.748. The Morgan fingerprint density at radius 1 is 1.00 bits per heavy atom. The summed E-state index contributed by atoms with van der Waals surface area (Å²) in [6, 6.07) is 14.7. The lowest BCUT2D eigenvalue weighted by Crippen LogP contribution is -2.55. The number of amides is 2. The topological polar surface area (TPSA) is 64.7 Å². The summed E-state index contributed by atoms with van der Waals surface area (Å²) in [6.45, 7) is 6.54. The van der Waals surface area contributed by atoms with E-state index < -0.39 is 0 Å². The quantitative estimate of drug-likeness (QED) is 0.372. The molecule has 0 radical (unpaired) electrons. The van der Waals surface area contributed by atoms with E-state index in [-0.39, 0.29) is 11.8 Å². The first-order chi connectivity index (χ1) is 14.3. The summed E-state index contributed by atoms with van der Waals surface area (Å²) < 4.78 is 0.972. The van der Waals surface area contributed by atoms with Crippen molar-refractivity contribution in [2.45, 2.75) is 25.9 Å². The molecular formula is C23H25IN4O2. The Kier molecular flexibility index (Phi) is 5.84. The molecule has 2 atom stereocenters. The lowest BCUT2D eigenvalue weighted by atomic mass is 9.95. The van der Waals surface area contributed by atoms with Crippen molar-refractivity contribution < 1.29 is 9.59 Å². The maximum absolute atomic E-state index is 12.4. The number of carbonyl (C=O) groups excluding carboxylic acids is 2. The number of piperazine rings is 1. The third kappa shape index (κ3) is 4.09. The lowest BCUT2D eigenvalue weighted by Gasteiger charge is -2.43. The van der Waals surface area contributed by atoms with Crippen molar-refractivity contribution in [2.24, 2.45) is 0 Å². The second-order valence-electron chi connectivity index (χ2n) is 8.01.